The molecule has 0 saturated carbocycles. The molecule has 0 unspecified atom stereocenters. The van der Waals surface area contributed by atoms with E-state index in [2.05, 4.69) is 4.98 Å². The Morgan fingerprint density at radius 2 is 1.68 bits per heavy atom. The van der Waals surface area contributed by atoms with Crippen LogP contribution < -0.4 is 10.7 Å². The second-order valence-corrected chi connectivity index (χ2v) is 8.24. The van der Waals surface area contributed by atoms with Gasteiger partial charge >= 0.3 is 7.60 Å². The molecule has 0 spiro atoms. The Morgan fingerprint density at radius 3 is 2.25 bits per heavy atom. The molecule has 6 nitrogen and oxygen atoms in total. The molecule has 28 heavy (non-hydrogen) atoms. The van der Waals surface area contributed by atoms with Gasteiger partial charge in [-0.25, -0.2) is 13.8 Å². The Bertz CT molecular complexity index is 1150. The number of nitrogens with zero attached hydrogens (tertiary/aromatic N) is 1. The first-order valence-corrected chi connectivity index (χ1v) is 10.3. The number of rotatable bonds is 6. The molecule has 150 valence electrons. The molecule has 0 saturated heterocycles. The normalized spacial score (nSPS) is 12.4. The number of pyridine rings is 1. The Hall–Kier alpha value is -2.15. The van der Waals surface area contributed by atoms with Crippen LogP contribution in [0.25, 0.3) is 22.1 Å². The summed E-state index contributed by atoms with van der Waals surface area (Å²) in [6.07, 6.45) is -3.06. The van der Waals surface area contributed by atoms with E-state index in [1.165, 1.54) is 0 Å². The largest absolute Gasteiger partial charge is 0.437 e. The monoisotopic (exact) mass is 411 g/mol. The van der Waals surface area contributed by atoms with Crippen LogP contribution in [0.1, 0.15) is 37.1 Å². The zero-order chi connectivity index (χ0) is 20.6. The lowest BCUT2D eigenvalue weighted by atomic mass is 10.1. The Kier molecular flexibility index (Phi) is 5.66. The molecule has 0 aliphatic rings. The molecule has 0 radical (unpaired) electrons. The molecule has 0 amide bonds. The quantitative estimate of drug-likeness (QED) is 0.429. The van der Waals surface area contributed by atoms with Gasteiger partial charge in [0.05, 0.1) is 29.3 Å². The van der Waals surface area contributed by atoms with E-state index in [1.807, 2.05) is 13.8 Å². The van der Waals surface area contributed by atoms with Gasteiger partial charge in [0, 0.05) is 0 Å². The number of aromatic nitrogens is 1. The Morgan fingerprint density at radius 1 is 1.07 bits per heavy atom. The van der Waals surface area contributed by atoms with E-state index in [9.17, 15) is 18.1 Å². The minimum Gasteiger partial charge on any atom is -0.437 e. The Labute approximate surface area is 160 Å². The molecule has 2 aromatic heterocycles. The smallest absolute Gasteiger partial charge is 0.363 e. The third kappa shape index (κ3) is 3.48. The second kappa shape index (κ2) is 7.70. The van der Waals surface area contributed by atoms with Gasteiger partial charge in [-0.3, -0.25) is 9.36 Å². The van der Waals surface area contributed by atoms with Crippen LogP contribution in [0.15, 0.2) is 27.4 Å². The minimum atomic E-state index is -4.09. The molecular weight excluding hydrogens is 391 g/mol. The van der Waals surface area contributed by atoms with E-state index < -0.39 is 30.4 Å². The van der Waals surface area contributed by atoms with Gasteiger partial charge in [-0.05, 0) is 57.0 Å². The van der Waals surface area contributed by atoms with Gasteiger partial charge < -0.3 is 13.5 Å². The third-order valence-corrected chi connectivity index (χ3v) is 6.53. The summed E-state index contributed by atoms with van der Waals surface area (Å²) in [5.41, 5.74) is 0.527. The maximum Gasteiger partial charge on any atom is 0.363 e. The van der Waals surface area contributed by atoms with E-state index in [-0.39, 0.29) is 35.3 Å². The summed E-state index contributed by atoms with van der Waals surface area (Å²) in [7, 11) is -4.09. The first kappa shape index (κ1) is 20.6. The molecule has 1 aromatic carbocycles. The lowest BCUT2D eigenvalue weighted by Crippen LogP contribution is -2.20. The van der Waals surface area contributed by atoms with Gasteiger partial charge in [0.25, 0.3) is 6.43 Å². The highest BCUT2D eigenvalue weighted by Gasteiger charge is 2.35. The molecule has 0 aliphatic heterocycles. The van der Waals surface area contributed by atoms with E-state index in [1.54, 1.807) is 26.0 Å². The molecule has 0 N–H and O–H groups in total. The van der Waals surface area contributed by atoms with Crippen molar-refractivity contribution in [1.82, 2.24) is 4.98 Å². The standard InChI is InChI=1S/C19H20F2NO5P/c1-5-25-28(24,26-6-2)15-9-13-17(23)12-7-10(3)11(4)8-14(12)27-19(13)22-16(15)18(20)21/h7-9,18H,5-6H2,1-4H3. The highest BCUT2D eigenvalue weighted by molar-refractivity contribution is 7.62. The number of alkyl halides is 2. The summed E-state index contributed by atoms with van der Waals surface area (Å²) in [4.78, 5) is 16.8. The second-order valence-electron chi connectivity index (χ2n) is 6.24. The maximum atomic E-state index is 13.7. The van der Waals surface area contributed by atoms with E-state index in [0.29, 0.717) is 0 Å². The van der Waals surface area contributed by atoms with Crippen LogP contribution in [0.2, 0.25) is 0 Å². The van der Waals surface area contributed by atoms with Crippen molar-refractivity contribution >= 4 is 35.0 Å². The fourth-order valence-corrected chi connectivity index (χ4v) is 4.68. The summed E-state index contributed by atoms with van der Waals surface area (Å²) in [5.74, 6) is 0. The van der Waals surface area contributed by atoms with Crippen LogP contribution >= 0.6 is 7.60 Å². The van der Waals surface area contributed by atoms with E-state index in [0.717, 1.165) is 17.2 Å². The van der Waals surface area contributed by atoms with Gasteiger partial charge in [-0.15, -0.1) is 0 Å². The molecule has 0 bridgehead atoms. The van der Waals surface area contributed by atoms with Crippen LogP contribution in [-0.2, 0) is 13.6 Å². The van der Waals surface area contributed by atoms with Gasteiger partial charge in [0.2, 0.25) is 11.1 Å². The first-order chi connectivity index (χ1) is 13.2. The molecular formula is C19H20F2NO5P. The minimum absolute atomic E-state index is 0.0250. The topological polar surface area (TPSA) is 78.6 Å². The summed E-state index contributed by atoms with van der Waals surface area (Å²) in [6.45, 7) is 6.77. The van der Waals surface area contributed by atoms with Crippen molar-refractivity contribution in [2.45, 2.75) is 34.1 Å². The fraction of sp³-hybridized carbons (Fsp3) is 0.368. The molecule has 3 aromatic rings. The first-order valence-electron chi connectivity index (χ1n) is 8.78. The number of aryl methyl sites for hydroxylation is 2. The predicted molar refractivity (Wildman–Crippen MR) is 103 cm³/mol. The van der Waals surface area contributed by atoms with Gasteiger partial charge in [-0.2, -0.15) is 0 Å². The van der Waals surface area contributed by atoms with Gasteiger partial charge in [0.1, 0.15) is 11.3 Å². The zero-order valence-corrected chi connectivity index (χ0v) is 16.8. The van der Waals surface area contributed by atoms with Crippen LogP contribution in [-0.4, -0.2) is 18.2 Å². The zero-order valence-electron chi connectivity index (χ0n) is 15.9. The molecule has 0 aliphatic carbocycles. The van der Waals surface area contributed by atoms with E-state index in [4.69, 9.17) is 13.5 Å². The molecule has 0 fully saturated rings. The lowest BCUT2D eigenvalue weighted by Gasteiger charge is -2.19. The van der Waals surface area contributed by atoms with Crippen LogP contribution in [0, 0.1) is 13.8 Å². The highest BCUT2D eigenvalue weighted by atomic mass is 31.2. The van der Waals surface area contributed by atoms with Crippen molar-refractivity contribution in [1.29, 1.82) is 0 Å². The average Bonchev–Trinajstić information content (AvgIpc) is 2.63. The number of fused-ring (bicyclic) bond motifs is 2. The molecule has 3 rings (SSSR count). The van der Waals surface area contributed by atoms with Crippen molar-refractivity contribution in [2.24, 2.45) is 0 Å². The maximum absolute atomic E-state index is 13.7. The molecule has 9 heteroatoms. The lowest BCUT2D eigenvalue weighted by molar-refractivity contribution is 0.146. The summed E-state index contributed by atoms with van der Waals surface area (Å²) < 4.78 is 56.5. The predicted octanol–water partition coefficient (Wildman–Crippen LogP) is 4.79. The van der Waals surface area contributed by atoms with Crippen LogP contribution in [0.4, 0.5) is 8.78 Å². The van der Waals surface area contributed by atoms with Crippen molar-refractivity contribution in [2.75, 3.05) is 13.2 Å². The van der Waals surface area contributed by atoms with Crippen LogP contribution in [0.3, 0.4) is 0 Å². The highest BCUT2D eigenvalue weighted by Crippen LogP contribution is 2.49. The van der Waals surface area contributed by atoms with Gasteiger partial charge in [0.15, 0.2) is 0 Å². The van der Waals surface area contributed by atoms with Crippen molar-refractivity contribution in [3.05, 3.63) is 45.2 Å². The Balaban J connectivity index is 2.42. The van der Waals surface area contributed by atoms with Crippen molar-refractivity contribution < 1.29 is 26.8 Å². The molecule has 2 heterocycles. The third-order valence-electron chi connectivity index (χ3n) is 4.39. The van der Waals surface area contributed by atoms with Crippen LogP contribution in [0.5, 0.6) is 0 Å². The number of hydrogen-bond acceptors (Lipinski definition) is 6. The summed E-state index contributed by atoms with van der Waals surface area (Å²) in [5, 5.41) is -0.195. The number of halogens is 2. The van der Waals surface area contributed by atoms with Crippen molar-refractivity contribution in [3.63, 3.8) is 0 Å². The van der Waals surface area contributed by atoms with E-state index >= 15 is 0 Å². The summed E-state index contributed by atoms with van der Waals surface area (Å²) in [6, 6.07) is 4.42. The molecule has 0 atom stereocenters. The summed E-state index contributed by atoms with van der Waals surface area (Å²) >= 11 is 0. The SMILES string of the molecule is CCOP(=O)(OCC)c1cc2c(=O)c3cc(C)c(C)cc3oc2nc1C(F)F. The fourth-order valence-electron chi connectivity index (χ4n) is 2.94. The number of benzene rings is 1. The number of hydrogen-bond donors (Lipinski definition) is 0. The average molecular weight is 411 g/mol. The van der Waals surface area contributed by atoms with Crippen molar-refractivity contribution in [3.8, 4) is 0 Å². The van der Waals surface area contributed by atoms with Gasteiger partial charge in [-0.1, -0.05) is 0 Å².